The molecule has 0 aromatic heterocycles. The minimum Gasteiger partial charge on any atom is -0.396 e. The van der Waals surface area contributed by atoms with Crippen LogP contribution in [0.3, 0.4) is 0 Å². The smallest absolute Gasteiger partial charge is 0.150 e. The van der Waals surface area contributed by atoms with Crippen molar-refractivity contribution < 1.29 is 23.4 Å². The maximum absolute atomic E-state index is 11.5. The van der Waals surface area contributed by atoms with Gasteiger partial charge in [0.1, 0.15) is 0 Å². The molecule has 1 aliphatic heterocycles. The third kappa shape index (κ3) is 3.64. The Morgan fingerprint density at radius 2 is 2.00 bits per heavy atom. The number of hydrogen-bond acceptors (Lipinski definition) is 5. The number of methoxy groups -OCH3 is 1. The number of ether oxygens (including phenoxy) is 1. The van der Waals surface area contributed by atoms with Gasteiger partial charge in [-0.25, -0.2) is 8.42 Å². The Hall–Kier alpha value is -0.170. The van der Waals surface area contributed by atoms with Crippen molar-refractivity contribution in [3.8, 4) is 0 Å². The Labute approximate surface area is 103 Å². The predicted octanol–water partition coefficient (Wildman–Crippen LogP) is -0.181. The van der Waals surface area contributed by atoms with Crippen molar-refractivity contribution in [3.63, 3.8) is 0 Å². The monoisotopic (exact) mass is 266 g/mol. The van der Waals surface area contributed by atoms with Gasteiger partial charge in [0, 0.05) is 19.1 Å². The molecule has 2 N–H and O–H groups in total. The quantitative estimate of drug-likeness (QED) is 0.624. The van der Waals surface area contributed by atoms with Crippen LogP contribution in [0.4, 0.5) is 0 Å². The Kier molecular flexibility index (Phi) is 5.37. The van der Waals surface area contributed by atoms with E-state index in [0.29, 0.717) is 25.9 Å². The van der Waals surface area contributed by atoms with Crippen molar-refractivity contribution in [3.05, 3.63) is 0 Å². The third-order valence-corrected chi connectivity index (χ3v) is 5.52. The van der Waals surface area contributed by atoms with E-state index >= 15 is 0 Å². The first kappa shape index (κ1) is 14.9. The first-order valence-corrected chi connectivity index (χ1v) is 7.73. The molecule has 0 aromatic rings. The van der Waals surface area contributed by atoms with Crippen molar-refractivity contribution >= 4 is 9.84 Å². The van der Waals surface area contributed by atoms with Crippen molar-refractivity contribution in [2.45, 2.75) is 19.3 Å². The average molecular weight is 266 g/mol. The van der Waals surface area contributed by atoms with Crippen molar-refractivity contribution in [1.82, 2.24) is 0 Å². The van der Waals surface area contributed by atoms with Gasteiger partial charge in [0.2, 0.25) is 0 Å². The highest BCUT2D eigenvalue weighted by molar-refractivity contribution is 7.91. The molecule has 0 saturated carbocycles. The number of hydrogen-bond donors (Lipinski definition) is 2. The van der Waals surface area contributed by atoms with E-state index in [9.17, 15) is 18.6 Å². The molecule has 0 aliphatic carbocycles. The van der Waals surface area contributed by atoms with Gasteiger partial charge < -0.3 is 14.9 Å². The molecule has 0 spiro atoms. The van der Waals surface area contributed by atoms with Gasteiger partial charge in [-0.15, -0.1) is 0 Å². The lowest BCUT2D eigenvalue weighted by molar-refractivity contribution is -0.00104. The number of aliphatic hydroxyl groups excluding tert-OH is 2. The van der Waals surface area contributed by atoms with Gasteiger partial charge in [0.05, 0.1) is 24.7 Å². The lowest BCUT2D eigenvalue weighted by Crippen LogP contribution is -2.39. The topological polar surface area (TPSA) is 83.8 Å². The van der Waals surface area contributed by atoms with Crippen LogP contribution in [0.1, 0.15) is 19.3 Å². The average Bonchev–Trinajstić information content (AvgIpc) is 2.66. The fourth-order valence-corrected chi connectivity index (χ4v) is 4.46. The van der Waals surface area contributed by atoms with Gasteiger partial charge in [-0.3, -0.25) is 0 Å². The molecule has 5 nitrogen and oxygen atoms in total. The molecule has 102 valence electrons. The summed E-state index contributed by atoms with van der Waals surface area (Å²) in [7, 11) is -1.39. The predicted molar refractivity (Wildman–Crippen MR) is 64.5 cm³/mol. The van der Waals surface area contributed by atoms with Gasteiger partial charge in [0.25, 0.3) is 0 Å². The van der Waals surface area contributed by atoms with Crippen LogP contribution in [0.25, 0.3) is 0 Å². The molecule has 0 bridgehead atoms. The molecule has 1 heterocycles. The van der Waals surface area contributed by atoms with Crippen LogP contribution in [0.5, 0.6) is 0 Å². The van der Waals surface area contributed by atoms with Gasteiger partial charge in [-0.05, 0) is 25.2 Å². The van der Waals surface area contributed by atoms with E-state index < -0.39 is 15.3 Å². The highest BCUT2D eigenvalue weighted by atomic mass is 32.2. The fraction of sp³-hybridized carbons (Fsp3) is 1.00. The molecular weight excluding hydrogens is 244 g/mol. The van der Waals surface area contributed by atoms with Gasteiger partial charge in [-0.2, -0.15) is 0 Å². The Balaban J connectivity index is 2.70. The summed E-state index contributed by atoms with van der Waals surface area (Å²) < 4.78 is 27.9. The van der Waals surface area contributed by atoms with E-state index in [1.807, 2.05) is 0 Å². The van der Waals surface area contributed by atoms with Crippen LogP contribution in [0.2, 0.25) is 0 Å². The van der Waals surface area contributed by atoms with Gasteiger partial charge in [-0.1, -0.05) is 0 Å². The Bertz CT molecular complexity index is 321. The summed E-state index contributed by atoms with van der Waals surface area (Å²) in [6.45, 7) is 0.210. The molecule has 1 rings (SSSR count). The standard InChI is InChI=1S/C11H22O5S/c1-16-5-2-4-11(8-12,9-13)10-3-6-17(14,15)7-10/h10,12-13H,2-9H2,1H3. The fourth-order valence-electron chi connectivity index (χ4n) is 2.52. The summed E-state index contributed by atoms with van der Waals surface area (Å²) in [5.41, 5.74) is -0.678. The number of rotatable bonds is 7. The molecule has 1 aliphatic rings. The highest BCUT2D eigenvalue weighted by Gasteiger charge is 2.43. The highest BCUT2D eigenvalue weighted by Crippen LogP contribution is 2.39. The van der Waals surface area contributed by atoms with E-state index in [-0.39, 0.29) is 30.6 Å². The second kappa shape index (κ2) is 6.13. The molecule has 17 heavy (non-hydrogen) atoms. The van der Waals surface area contributed by atoms with Crippen LogP contribution >= 0.6 is 0 Å². The third-order valence-electron chi connectivity index (χ3n) is 3.75. The molecule has 0 amide bonds. The molecule has 1 fully saturated rings. The van der Waals surface area contributed by atoms with Gasteiger partial charge in [0.15, 0.2) is 9.84 Å². The van der Waals surface area contributed by atoms with Crippen LogP contribution in [0, 0.1) is 11.3 Å². The summed E-state index contributed by atoms with van der Waals surface area (Å²) in [4.78, 5) is 0. The molecular formula is C11H22O5S. The van der Waals surface area contributed by atoms with Crippen molar-refractivity contribution in [1.29, 1.82) is 0 Å². The van der Waals surface area contributed by atoms with E-state index in [1.54, 1.807) is 7.11 Å². The molecule has 0 aromatic carbocycles. The normalized spacial score (nSPS) is 24.1. The maximum atomic E-state index is 11.5. The summed E-state index contributed by atoms with van der Waals surface area (Å²) in [5, 5.41) is 19.0. The zero-order valence-corrected chi connectivity index (χ0v) is 11.1. The van der Waals surface area contributed by atoms with E-state index in [1.165, 1.54) is 0 Å². The van der Waals surface area contributed by atoms with Crippen LogP contribution in [-0.4, -0.2) is 57.1 Å². The second-order valence-electron chi connectivity index (χ2n) is 4.87. The maximum Gasteiger partial charge on any atom is 0.150 e. The largest absolute Gasteiger partial charge is 0.396 e. The Morgan fingerprint density at radius 1 is 1.35 bits per heavy atom. The van der Waals surface area contributed by atoms with Crippen molar-refractivity contribution in [2.24, 2.45) is 11.3 Å². The van der Waals surface area contributed by atoms with Crippen LogP contribution < -0.4 is 0 Å². The summed E-state index contributed by atoms with van der Waals surface area (Å²) >= 11 is 0. The molecule has 6 heteroatoms. The lowest BCUT2D eigenvalue weighted by atomic mass is 9.73. The zero-order valence-electron chi connectivity index (χ0n) is 10.3. The second-order valence-corrected chi connectivity index (χ2v) is 7.10. The molecule has 1 atom stereocenters. The van der Waals surface area contributed by atoms with Crippen LogP contribution in [-0.2, 0) is 14.6 Å². The van der Waals surface area contributed by atoms with Gasteiger partial charge >= 0.3 is 0 Å². The Morgan fingerprint density at radius 3 is 2.41 bits per heavy atom. The van der Waals surface area contributed by atoms with E-state index in [4.69, 9.17) is 4.74 Å². The number of aliphatic hydroxyl groups is 2. The van der Waals surface area contributed by atoms with E-state index in [2.05, 4.69) is 0 Å². The summed E-state index contributed by atoms with van der Waals surface area (Å²) in [5.74, 6) is 0.115. The summed E-state index contributed by atoms with van der Waals surface area (Å²) in [6, 6.07) is 0. The first-order valence-electron chi connectivity index (χ1n) is 5.91. The molecule has 0 radical (unpaired) electrons. The minimum atomic E-state index is -2.98. The molecule has 1 saturated heterocycles. The van der Waals surface area contributed by atoms with E-state index in [0.717, 1.165) is 0 Å². The first-order chi connectivity index (χ1) is 7.99. The lowest BCUT2D eigenvalue weighted by Gasteiger charge is -2.35. The summed E-state index contributed by atoms with van der Waals surface area (Å²) in [6.07, 6.45) is 1.85. The molecule has 1 unspecified atom stereocenters. The van der Waals surface area contributed by atoms with Crippen LogP contribution in [0.15, 0.2) is 0 Å². The zero-order chi connectivity index (χ0) is 12.9. The number of sulfone groups is 1. The SMILES string of the molecule is COCCCC(CO)(CO)C1CCS(=O)(=O)C1. The minimum absolute atomic E-state index is 0.0844. The van der Waals surface area contributed by atoms with Crippen molar-refractivity contribution in [2.75, 3.05) is 38.4 Å².